The Morgan fingerprint density at radius 1 is 1.08 bits per heavy atom. The number of ether oxygens (including phenoxy) is 1. The molecule has 3 aromatic carbocycles. The lowest BCUT2D eigenvalue weighted by Crippen LogP contribution is -2.40. The number of carboxylic acid groups (broad SMARTS) is 1. The summed E-state index contributed by atoms with van der Waals surface area (Å²) in [6, 6.07) is 19.1. The van der Waals surface area contributed by atoms with Crippen molar-refractivity contribution in [3.8, 4) is 17.2 Å². The van der Waals surface area contributed by atoms with Gasteiger partial charge in [0.2, 0.25) is 5.89 Å². The Balaban J connectivity index is 1.33. The standard InChI is InChI=1S/C29H28F2N2O4/c1-18(27(29(34)35)32-17-22-8-11-23(30)16-25(22)31)20-9-12-24(13-10-20)36-15-14-26-19(2)37-28(33-26)21-6-4-3-5-7-21/h3-13,16,18,27,32H,14-15,17H2,1-2H3,(H,34,35). The number of hydrogen-bond donors (Lipinski definition) is 2. The van der Waals surface area contributed by atoms with Crippen molar-refractivity contribution in [1.82, 2.24) is 10.3 Å². The predicted molar refractivity (Wildman–Crippen MR) is 135 cm³/mol. The number of aryl methyl sites for hydroxylation is 1. The topological polar surface area (TPSA) is 84.6 Å². The van der Waals surface area contributed by atoms with Gasteiger partial charge in [-0.25, -0.2) is 13.8 Å². The van der Waals surface area contributed by atoms with Crippen molar-refractivity contribution in [2.75, 3.05) is 6.61 Å². The fraction of sp³-hybridized carbons (Fsp3) is 0.241. The van der Waals surface area contributed by atoms with E-state index in [9.17, 15) is 18.7 Å². The lowest BCUT2D eigenvalue weighted by Gasteiger charge is -2.22. The molecule has 37 heavy (non-hydrogen) atoms. The lowest BCUT2D eigenvalue weighted by molar-refractivity contribution is -0.140. The third-order valence-corrected chi connectivity index (χ3v) is 6.22. The van der Waals surface area contributed by atoms with Crippen LogP contribution in [0.4, 0.5) is 8.78 Å². The number of oxazole rings is 1. The lowest BCUT2D eigenvalue weighted by atomic mass is 9.93. The first-order valence-electron chi connectivity index (χ1n) is 12.0. The van der Waals surface area contributed by atoms with E-state index in [1.807, 2.05) is 49.4 Å². The molecule has 0 aliphatic carbocycles. The van der Waals surface area contributed by atoms with Crippen LogP contribution in [-0.2, 0) is 17.8 Å². The monoisotopic (exact) mass is 506 g/mol. The van der Waals surface area contributed by atoms with Crippen LogP contribution < -0.4 is 10.1 Å². The zero-order chi connectivity index (χ0) is 26.4. The molecule has 0 fully saturated rings. The van der Waals surface area contributed by atoms with Gasteiger partial charge in [0, 0.05) is 36.1 Å². The zero-order valence-corrected chi connectivity index (χ0v) is 20.6. The van der Waals surface area contributed by atoms with Crippen molar-refractivity contribution in [1.29, 1.82) is 0 Å². The van der Waals surface area contributed by atoms with Gasteiger partial charge in [-0.15, -0.1) is 0 Å². The number of nitrogens with zero attached hydrogens (tertiary/aromatic N) is 1. The highest BCUT2D eigenvalue weighted by molar-refractivity contribution is 5.75. The minimum Gasteiger partial charge on any atom is -0.493 e. The number of carbonyl (C=O) groups is 1. The van der Waals surface area contributed by atoms with Gasteiger partial charge in [-0.1, -0.05) is 43.3 Å². The molecule has 2 atom stereocenters. The summed E-state index contributed by atoms with van der Waals surface area (Å²) in [4.78, 5) is 16.5. The van der Waals surface area contributed by atoms with E-state index in [1.165, 1.54) is 6.07 Å². The van der Waals surface area contributed by atoms with Crippen molar-refractivity contribution in [3.63, 3.8) is 0 Å². The molecule has 2 unspecified atom stereocenters. The molecule has 0 spiro atoms. The number of nitrogens with one attached hydrogen (secondary N) is 1. The van der Waals surface area contributed by atoms with Gasteiger partial charge in [-0.2, -0.15) is 0 Å². The Kier molecular flexibility index (Phi) is 8.30. The second-order valence-electron chi connectivity index (χ2n) is 8.78. The highest BCUT2D eigenvalue weighted by atomic mass is 19.1. The summed E-state index contributed by atoms with van der Waals surface area (Å²) in [7, 11) is 0. The molecule has 192 valence electrons. The second-order valence-corrected chi connectivity index (χ2v) is 8.78. The van der Waals surface area contributed by atoms with Gasteiger partial charge in [0.1, 0.15) is 29.2 Å². The highest BCUT2D eigenvalue weighted by Crippen LogP contribution is 2.24. The van der Waals surface area contributed by atoms with Gasteiger partial charge >= 0.3 is 5.97 Å². The van der Waals surface area contributed by atoms with E-state index in [0.717, 1.165) is 34.7 Å². The van der Waals surface area contributed by atoms with Crippen molar-refractivity contribution in [3.05, 3.63) is 107 Å². The van der Waals surface area contributed by atoms with Crippen LogP contribution in [0.5, 0.6) is 5.75 Å². The third kappa shape index (κ3) is 6.59. The van der Waals surface area contributed by atoms with E-state index < -0.39 is 29.6 Å². The molecule has 0 bridgehead atoms. The second kappa shape index (κ2) is 11.8. The van der Waals surface area contributed by atoms with Gasteiger partial charge in [-0.05, 0) is 42.8 Å². The minimum absolute atomic E-state index is 0.0396. The van der Waals surface area contributed by atoms with Gasteiger partial charge in [-0.3, -0.25) is 10.1 Å². The molecule has 1 aromatic heterocycles. The molecule has 0 saturated carbocycles. The van der Waals surface area contributed by atoms with Gasteiger partial charge in [0.15, 0.2) is 0 Å². The Morgan fingerprint density at radius 3 is 2.49 bits per heavy atom. The van der Waals surface area contributed by atoms with Crippen LogP contribution in [0.25, 0.3) is 11.5 Å². The summed E-state index contributed by atoms with van der Waals surface area (Å²) in [6.07, 6.45) is 0.575. The van der Waals surface area contributed by atoms with Gasteiger partial charge in [0.05, 0.1) is 12.3 Å². The van der Waals surface area contributed by atoms with Gasteiger partial charge < -0.3 is 14.3 Å². The molecule has 8 heteroatoms. The first-order valence-corrected chi connectivity index (χ1v) is 12.0. The van der Waals surface area contributed by atoms with Crippen LogP contribution in [0.1, 0.15) is 35.4 Å². The van der Waals surface area contributed by atoms with Crippen molar-refractivity contribution in [2.45, 2.75) is 38.8 Å². The smallest absolute Gasteiger partial charge is 0.321 e. The van der Waals surface area contributed by atoms with Crippen LogP contribution in [0.2, 0.25) is 0 Å². The van der Waals surface area contributed by atoms with Crippen molar-refractivity contribution < 1.29 is 27.8 Å². The normalized spacial score (nSPS) is 12.8. The fourth-order valence-electron chi connectivity index (χ4n) is 4.05. The zero-order valence-electron chi connectivity index (χ0n) is 20.6. The average molecular weight is 507 g/mol. The molecule has 6 nitrogen and oxygen atoms in total. The Labute approximate surface area is 213 Å². The highest BCUT2D eigenvalue weighted by Gasteiger charge is 2.26. The maximum absolute atomic E-state index is 13.9. The summed E-state index contributed by atoms with van der Waals surface area (Å²) >= 11 is 0. The molecular weight excluding hydrogens is 478 g/mol. The fourth-order valence-corrected chi connectivity index (χ4v) is 4.05. The average Bonchev–Trinajstić information content (AvgIpc) is 3.26. The van der Waals surface area contributed by atoms with E-state index in [-0.39, 0.29) is 12.1 Å². The molecule has 4 aromatic rings. The molecule has 1 heterocycles. The number of carboxylic acids is 1. The molecule has 0 aliphatic rings. The number of benzene rings is 3. The maximum atomic E-state index is 13.9. The van der Waals surface area contributed by atoms with E-state index in [0.29, 0.717) is 24.7 Å². The van der Waals surface area contributed by atoms with E-state index in [2.05, 4.69) is 10.3 Å². The number of aliphatic carboxylic acids is 1. The summed E-state index contributed by atoms with van der Waals surface area (Å²) < 4.78 is 38.7. The Hall–Kier alpha value is -4.04. The van der Waals surface area contributed by atoms with Crippen LogP contribution >= 0.6 is 0 Å². The van der Waals surface area contributed by atoms with Gasteiger partial charge in [0.25, 0.3) is 0 Å². The first kappa shape index (κ1) is 26.0. The SMILES string of the molecule is Cc1oc(-c2ccccc2)nc1CCOc1ccc(C(C)C(NCc2ccc(F)cc2F)C(=O)O)cc1. The number of halogens is 2. The molecular formula is C29H28F2N2O4. The Morgan fingerprint density at radius 2 is 1.81 bits per heavy atom. The predicted octanol–water partition coefficient (Wildman–Crippen LogP) is 5.90. The number of rotatable bonds is 11. The molecule has 0 saturated heterocycles. The molecule has 2 N–H and O–H groups in total. The quantitative estimate of drug-likeness (QED) is 0.264. The Bertz CT molecular complexity index is 1340. The summed E-state index contributed by atoms with van der Waals surface area (Å²) in [5.41, 5.74) is 2.73. The van der Waals surface area contributed by atoms with Crippen molar-refractivity contribution in [2.24, 2.45) is 0 Å². The summed E-state index contributed by atoms with van der Waals surface area (Å²) in [6.45, 7) is 4.02. The maximum Gasteiger partial charge on any atom is 0.321 e. The van der Waals surface area contributed by atoms with E-state index in [1.54, 1.807) is 19.1 Å². The third-order valence-electron chi connectivity index (χ3n) is 6.22. The molecule has 0 aliphatic heterocycles. The van der Waals surface area contributed by atoms with Crippen LogP contribution in [-0.4, -0.2) is 28.7 Å². The van der Waals surface area contributed by atoms with Crippen LogP contribution in [0.15, 0.2) is 77.2 Å². The largest absolute Gasteiger partial charge is 0.493 e. The number of hydrogen-bond acceptors (Lipinski definition) is 5. The summed E-state index contributed by atoms with van der Waals surface area (Å²) in [5, 5.41) is 12.6. The molecule has 0 radical (unpaired) electrons. The van der Waals surface area contributed by atoms with Crippen LogP contribution in [0.3, 0.4) is 0 Å². The molecule has 4 rings (SSSR count). The first-order chi connectivity index (χ1) is 17.8. The molecule has 0 amide bonds. The summed E-state index contributed by atoms with van der Waals surface area (Å²) in [5.74, 6) is -0.900. The van der Waals surface area contributed by atoms with E-state index in [4.69, 9.17) is 9.15 Å². The van der Waals surface area contributed by atoms with E-state index >= 15 is 0 Å². The minimum atomic E-state index is -1.06. The number of aromatic nitrogens is 1. The van der Waals surface area contributed by atoms with Crippen molar-refractivity contribution >= 4 is 5.97 Å². The van der Waals surface area contributed by atoms with Crippen LogP contribution in [0, 0.1) is 18.6 Å².